The van der Waals surface area contributed by atoms with Gasteiger partial charge in [0.25, 0.3) is 0 Å². The van der Waals surface area contributed by atoms with Crippen molar-refractivity contribution in [1.82, 2.24) is 4.90 Å². The lowest BCUT2D eigenvalue weighted by atomic mass is 9.64. The van der Waals surface area contributed by atoms with Crippen LogP contribution in [0.3, 0.4) is 0 Å². The Hall–Kier alpha value is -1.02. The Labute approximate surface area is 116 Å². The van der Waals surface area contributed by atoms with Crippen molar-refractivity contribution in [3.8, 4) is 5.75 Å². The summed E-state index contributed by atoms with van der Waals surface area (Å²) in [6.07, 6.45) is 3.76. The Morgan fingerprint density at radius 2 is 2.16 bits per heavy atom. The van der Waals surface area contributed by atoms with Gasteiger partial charge in [-0.25, -0.2) is 0 Å². The minimum Gasteiger partial charge on any atom is -0.508 e. The molecule has 1 fully saturated rings. The predicted molar refractivity (Wildman–Crippen MR) is 78.5 cm³/mol. The molecule has 0 spiro atoms. The third-order valence-corrected chi connectivity index (χ3v) is 5.56. The van der Waals surface area contributed by atoms with Gasteiger partial charge in [-0.1, -0.05) is 26.3 Å². The van der Waals surface area contributed by atoms with Crippen LogP contribution in [-0.4, -0.2) is 29.6 Å². The van der Waals surface area contributed by atoms with Crippen LogP contribution in [0.2, 0.25) is 0 Å². The molecule has 2 heteroatoms. The fourth-order valence-corrected chi connectivity index (χ4v) is 4.47. The Morgan fingerprint density at radius 1 is 1.37 bits per heavy atom. The molecule has 0 unspecified atom stereocenters. The summed E-state index contributed by atoms with van der Waals surface area (Å²) in [6.45, 7) is 5.93. The molecule has 1 aromatic carbocycles. The largest absolute Gasteiger partial charge is 0.508 e. The molecular weight excluding hydrogens is 234 g/mol. The van der Waals surface area contributed by atoms with Gasteiger partial charge < -0.3 is 10.0 Å². The third kappa shape index (κ3) is 2.06. The van der Waals surface area contributed by atoms with E-state index in [-0.39, 0.29) is 0 Å². The number of aromatic hydroxyl groups is 1. The molecule has 0 radical (unpaired) electrons. The molecule has 1 aromatic rings. The molecule has 1 heterocycles. The lowest BCUT2D eigenvalue weighted by Crippen LogP contribution is -2.52. The van der Waals surface area contributed by atoms with Crippen molar-refractivity contribution in [2.45, 2.75) is 45.1 Å². The summed E-state index contributed by atoms with van der Waals surface area (Å²) in [6, 6.07) is 6.65. The second kappa shape index (κ2) is 4.82. The Kier molecular flexibility index (Phi) is 3.30. The number of hydrogen-bond acceptors (Lipinski definition) is 2. The number of benzene rings is 1. The zero-order valence-electron chi connectivity index (χ0n) is 12.3. The van der Waals surface area contributed by atoms with Gasteiger partial charge in [-0.15, -0.1) is 0 Å². The molecule has 2 aliphatic rings. The second-order valence-corrected chi connectivity index (χ2v) is 6.46. The van der Waals surface area contributed by atoms with Crippen LogP contribution in [0.25, 0.3) is 0 Å². The van der Waals surface area contributed by atoms with Crippen molar-refractivity contribution in [2.24, 2.45) is 11.8 Å². The minimum atomic E-state index is 0.418. The van der Waals surface area contributed by atoms with Gasteiger partial charge in [-0.05, 0) is 67.4 Å². The number of rotatable bonds is 1. The summed E-state index contributed by atoms with van der Waals surface area (Å²) < 4.78 is 0. The van der Waals surface area contributed by atoms with Gasteiger partial charge in [0.2, 0.25) is 0 Å². The van der Waals surface area contributed by atoms with E-state index in [9.17, 15) is 5.11 Å². The Bertz CT molecular complexity index is 470. The topological polar surface area (TPSA) is 23.5 Å². The van der Waals surface area contributed by atoms with Crippen LogP contribution in [0.4, 0.5) is 0 Å². The number of likely N-dealkylation sites (tertiary alicyclic amines) is 1. The van der Waals surface area contributed by atoms with Gasteiger partial charge in [-0.2, -0.15) is 0 Å². The number of piperidine rings is 1. The average Bonchev–Trinajstić information content (AvgIpc) is 2.41. The maximum atomic E-state index is 9.77. The monoisotopic (exact) mass is 259 g/mol. The SMILES string of the molecule is CC[C@@H]1CCN(C)[C@@H]2Cc3ccc(O)cc3[C@H](C)[C@@H]12. The van der Waals surface area contributed by atoms with Gasteiger partial charge in [0, 0.05) is 6.04 Å². The first-order valence-electron chi connectivity index (χ1n) is 7.63. The summed E-state index contributed by atoms with van der Waals surface area (Å²) in [7, 11) is 2.28. The molecule has 1 saturated heterocycles. The number of nitrogens with zero attached hydrogens (tertiary/aromatic N) is 1. The number of phenols is 1. The standard InChI is InChI=1S/C17H25NO/c1-4-12-7-8-18(3)16-9-13-5-6-14(19)10-15(13)11(2)17(12)16/h5-6,10-12,16-17,19H,4,7-9H2,1-3H3/t11-,12+,16+,17-/m0/s1. The summed E-state index contributed by atoms with van der Waals surface area (Å²) >= 11 is 0. The van der Waals surface area contributed by atoms with Crippen LogP contribution < -0.4 is 0 Å². The van der Waals surface area contributed by atoms with Gasteiger partial charge in [0.1, 0.15) is 5.75 Å². The highest BCUT2D eigenvalue weighted by Crippen LogP contribution is 2.46. The summed E-state index contributed by atoms with van der Waals surface area (Å²) in [5, 5.41) is 9.77. The normalized spacial score (nSPS) is 34.7. The third-order valence-electron chi connectivity index (χ3n) is 5.56. The van der Waals surface area contributed by atoms with E-state index < -0.39 is 0 Å². The zero-order valence-corrected chi connectivity index (χ0v) is 12.3. The number of likely N-dealkylation sites (N-methyl/N-ethyl adjacent to an activating group) is 1. The molecule has 1 aliphatic heterocycles. The first-order chi connectivity index (χ1) is 9.11. The number of phenolic OH excluding ortho intramolecular Hbond substituents is 1. The van der Waals surface area contributed by atoms with Crippen LogP contribution >= 0.6 is 0 Å². The summed E-state index contributed by atoms with van der Waals surface area (Å²) in [5.41, 5.74) is 2.82. The first kappa shape index (κ1) is 13.0. The van der Waals surface area contributed by atoms with Crippen LogP contribution in [0.1, 0.15) is 43.7 Å². The fraction of sp³-hybridized carbons (Fsp3) is 0.647. The highest BCUT2D eigenvalue weighted by Gasteiger charge is 2.42. The average molecular weight is 259 g/mol. The smallest absolute Gasteiger partial charge is 0.115 e. The predicted octanol–water partition coefficient (Wildman–Crippen LogP) is 3.40. The van der Waals surface area contributed by atoms with Gasteiger partial charge in [0.15, 0.2) is 0 Å². The lowest BCUT2D eigenvalue weighted by Gasteiger charge is -2.50. The van der Waals surface area contributed by atoms with Crippen LogP contribution in [-0.2, 0) is 6.42 Å². The molecule has 1 N–H and O–H groups in total. The van der Waals surface area contributed by atoms with Crippen molar-refractivity contribution in [1.29, 1.82) is 0 Å². The van der Waals surface area contributed by atoms with Crippen molar-refractivity contribution in [3.05, 3.63) is 29.3 Å². The van der Waals surface area contributed by atoms with Crippen LogP contribution in [0.15, 0.2) is 18.2 Å². The number of fused-ring (bicyclic) bond motifs is 2. The van der Waals surface area contributed by atoms with Crippen molar-refractivity contribution in [3.63, 3.8) is 0 Å². The van der Waals surface area contributed by atoms with E-state index in [1.54, 1.807) is 0 Å². The Balaban J connectivity index is 2.02. The van der Waals surface area contributed by atoms with Crippen molar-refractivity contribution < 1.29 is 5.11 Å². The molecule has 0 bridgehead atoms. The van der Waals surface area contributed by atoms with E-state index in [0.29, 0.717) is 17.7 Å². The van der Waals surface area contributed by atoms with Crippen LogP contribution in [0, 0.1) is 11.8 Å². The molecule has 104 valence electrons. The Morgan fingerprint density at radius 3 is 2.89 bits per heavy atom. The molecule has 0 aromatic heterocycles. The van der Waals surface area contributed by atoms with Crippen molar-refractivity contribution >= 4 is 0 Å². The van der Waals surface area contributed by atoms with Crippen LogP contribution in [0.5, 0.6) is 5.75 Å². The highest BCUT2D eigenvalue weighted by atomic mass is 16.3. The van der Waals surface area contributed by atoms with E-state index in [0.717, 1.165) is 18.3 Å². The molecular formula is C17H25NO. The van der Waals surface area contributed by atoms with E-state index >= 15 is 0 Å². The zero-order chi connectivity index (χ0) is 13.6. The summed E-state index contributed by atoms with van der Waals surface area (Å²) in [5.74, 6) is 2.57. The van der Waals surface area contributed by atoms with Crippen molar-refractivity contribution in [2.75, 3.05) is 13.6 Å². The van der Waals surface area contributed by atoms with Gasteiger partial charge in [-0.3, -0.25) is 0 Å². The minimum absolute atomic E-state index is 0.418. The first-order valence-corrected chi connectivity index (χ1v) is 7.63. The molecule has 0 saturated carbocycles. The molecule has 3 rings (SSSR count). The van der Waals surface area contributed by atoms with E-state index in [4.69, 9.17) is 0 Å². The molecule has 19 heavy (non-hydrogen) atoms. The second-order valence-electron chi connectivity index (χ2n) is 6.46. The van der Waals surface area contributed by atoms with Gasteiger partial charge in [0.05, 0.1) is 0 Å². The molecule has 2 nitrogen and oxygen atoms in total. The molecule has 4 atom stereocenters. The quantitative estimate of drug-likeness (QED) is 0.835. The van der Waals surface area contributed by atoms with E-state index in [1.807, 2.05) is 12.1 Å². The van der Waals surface area contributed by atoms with E-state index in [2.05, 4.69) is 31.9 Å². The molecule has 1 aliphatic carbocycles. The van der Waals surface area contributed by atoms with Gasteiger partial charge >= 0.3 is 0 Å². The highest BCUT2D eigenvalue weighted by molar-refractivity contribution is 5.40. The maximum Gasteiger partial charge on any atom is 0.115 e. The fourth-order valence-electron chi connectivity index (χ4n) is 4.47. The number of hydrogen-bond donors (Lipinski definition) is 1. The summed E-state index contributed by atoms with van der Waals surface area (Å²) in [4.78, 5) is 2.56. The van der Waals surface area contributed by atoms with E-state index in [1.165, 1.54) is 30.5 Å². The molecule has 0 amide bonds. The lowest BCUT2D eigenvalue weighted by molar-refractivity contribution is 0.0447. The maximum absolute atomic E-state index is 9.77.